The van der Waals surface area contributed by atoms with Crippen molar-refractivity contribution in [2.75, 3.05) is 7.11 Å². The van der Waals surface area contributed by atoms with Gasteiger partial charge in [-0.2, -0.15) is 0 Å². The van der Waals surface area contributed by atoms with Crippen LogP contribution in [0.5, 0.6) is 0 Å². The normalized spacial score (nSPS) is 14.3. The van der Waals surface area contributed by atoms with Gasteiger partial charge in [0.15, 0.2) is 0 Å². The van der Waals surface area contributed by atoms with Crippen molar-refractivity contribution in [2.24, 2.45) is 0 Å². The lowest BCUT2D eigenvalue weighted by molar-refractivity contribution is 0.00578. The third kappa shape index (κ3) is 12.8. The minimum atomic E-state index is -1.11. The highest BCUT2D eigenvalue weighted by atomic mass is 79.9. The van der Waals surface area contributed by atoms with Gasteiger partial charge in [0.1, 0.15) is 22.6 Å². The van der Waals surface area contributed by atoms with Gasteiger partial charge in [-0.25, -0.2) is 29.1 Å². The summed E-state index contributed by atoms with van der Waals surface area (Å²) in [5.41, 5.74) is 0.992. The summed E-state index contributed by atoms with van der Waals surface area (Å²) in [4.78, 5) is 54.2. The molecule has 0 atom stereocenters. The Hall–Kier alpha value is -4.92. The van der Waals surface area contributed by atoms with Crippen LogP contribution in [-0.4, -0.2) is 75.6 Å². The number of hydrogen-bond acceptors (Lipinski definition) is 11. The minimum Gasteiger partial charge on any atom is -0.477 e. The Kier molecular flexibility index (Phi) is 14.7. The lowest BCUT2D eigenvalue weighted by atomic mass is 9.76. The highest BCUT2D eigenvalue weighted by Crippen LogP contribution is 2.37. The van der Waals surface area contributed by atoms with E-state index in [9.17, 15) is 19.2 Å². The van der Waals surface area contributed by atoms with Crippen LogP contribution in [0.3, 0.4) is 0 Å². The molecule has 1 aliphatic rings. The number of ether oxygens (including phenoxy) is 3. The van der Waals surface area contributed by atoms with Gasteiger partial charge < -0.3 is 28.6 Å². The summed E-state index contributed by atoms with van der Waals surface area (Å²) < 4.78 is 28.2. The van der Waals surface area contributed by atoms with Crippen molar-refractivity contribution in [2.45, 2.75) is 91.6 Å². The number of carboxylic acid groups (broad SMARTS) is 1. The lowest BCUT2D eigenvalue weighted by Crippen LogP contribution is -2.41. The third-order valence-electron chi connectivity index (χ3n) is 8.04. The van der Waals surface area contributed by atoms with Crippen LogP contribution in [0.4, 0.5) is 0 Å². The number of carbonyl (C=O) groups is 4. The van der Waals surface area contributed by atoms with E-state index in [0.29, 0.717) is 33.4 Å². The topological polar surface area (TPSA) is 160 Å². The Morgan fingerprint density at radius 2 is 1.18 bits per heavy atom. The molecule has 5 rings (SSSR count). The summed E-state index contributed by atoms with van der Waals surface area (Å²) in [6.45, 7) is 18.9. The first-order chi connectivity index (χ1) is 25.4. The number of benzene rings is 2. The van der Waals surface area contributed by atoms with Gasteiger partial charge >= 0.3 is 31.0 Å². The molecule has 0 saturated carbocycles. The Morgan fingerprint density at radius 3 is 1.71 bits per heavy atom. The van der Waals surface area contributed by atoms with Crippen LogP contribution in [0.1, 0.15) is 111 Å². The molecule has 0 spiro atoms. The maximum Gasteiger partial charge on any atom is 0.495 e. The number of aromatic carboxylic acids is 1. The maximum atomic E-state index is 12.4. The van der Waals surface area contributed by atoms with Crippen molar-refractivity contribution in [1.29, 1.82) is 0 Å². The zero-order chi connectivity index (χ0) is 41.4. The molecule has 0 amide bonds. The second-order valence-electron chi connectivity index (χ2n) is 15.3. The number of nitrogens with zero attached hydrogens (tertiary/aromatic N) is 2. The molecule has 0 radical (unpaired) electrons. The number of hydrogen-bond donors (Lipinski definition) is 1. The SMILES string of the molecule is CC(C)(C)OC(=O)c1ccccc1-c1ccnc(C(=O)O)c1.CC(C)(C)OC(=O)c1ccccc1B1OC(C)(C)C(C)(C)O1.COC(=O)c1cc(Br)ccn1. The zero-order valence-corrected chi connectivity index (χ0v) is 34.6. The highest BCUT2D eigenvalue weighted by Gasteiger charge is 2.52. The fourth-order valence-electron chi connectivity index (χ4n) is 4.77. The summed E-state index contributed by atoms with van der Waals surface area (Å²) in [6, 6.07) is 20.6. The Labute approximate surface area is 331 Å². The summed E-state index contributed by atoms with van der Waals surface area (Å²) in [5, 5.41) is 9.03. The first-order valence-corrected chi connectivity index (χ1v) is 18.1. The average Bonchev–Trinajstić information content (AvgIpc) is 3.32. The number of methoxy groups -OCH3 is 1. The van der Waals surface area contributed by atoms with Gasteiger partial charge in [-0.05, 0) is 122 Å². The standard InChI is InChI=1S/C17H25BO4.C17H17NO4.C7H6BrNO2/c1-15(2,3)20-14(19)12-10-8-9-11-13(12)18-21-16(4,5)17(6,7)22-18;1-17(2,3)22-16(21)13-7-5-4-6-12(13)11-8-9-18-14(10-11)15(19)20;1-11-7(10)6-4-5(8)2-3-9-6/h8-11H,1-7H3;4-10H,1-3H3,(H,19,20);2-4H,1H3. The predicted octanol–water partition coefficient (Wildman–Crippen LogP) is 7.97. The second kappa shape index (κ2) is 18.1. The zero-order valence-electron chi connectivity index (χ0n) is 33.1. The quantitative estimate of drug-likeness (QED) is 0.114. The van der Waals surface area contributed by atoms with Gasteiger partial charge in [-0.1, -0.05) is 52.3 Å². The maximum absolute atomic E-state index is 12.4. The molecule has 1 saturated heterocycles. The van der Waals surface area contributed by atoms with Gasteiger partial charge in [-0.15, -0.1) is 0 Å². The molecule has 2 aromatic heterocycles. The van der Waals surface area contributed by atoms with E-state index in [2.05, 4.69) is 30.6 Å². The molecule has 14 heteroatoms. The van der Waals surface area contributed by atoms with E-state index in [-0.39, 0.29) is 11.7 Å². The molecule has 0 unspecified atom stereocenters. The largest absolute Gasteiger partial charge is 0.495 e. The monoisotopic (exact) mass is 818 g/mol. The van der Waals surface area contributed by atoms with E-state index in [1.165, 1.54) is 25.6 Å². The number of aromatic nitrogens is 2. The van der Waals surface area contributed by atoms with E-state index in [4.69, 9.17) is 23.9 Å². The number of rotatable bonds is 6. The first kappa shape index (κ1) is 44.5. The molecular weight excluding hydrogens is 771 g/mol. The van der Waals surface area contributed by atoms with E-state index >= 15 is 0 Å². The summed E-state index contributed by atoms with van der Waals surface area (Å²) in [5.74, 6) is -2.35. The van der Waals surface area contributed by atoms with Crippen LogP contribution < -0.4 is 5.46 Å². The van der Waals surface area contributed by atoms with Gasteiger partial charge in [0.05, 0.1) is 29.4 Å². The van der Waals surface area contributed by atoms with Crippen molar-refractivity contribution in [3.05, 3.63) is 112 Å². The average molecular weight is 820 g/mol. The number of carboxylic acids is 1. The minimum absolute atomic E-state index is 0.0727. The van der Waals surface area contributed by atoms with Crippen molar-refractivity contribution < 1.29 is 47.8 Å². The van der Waals surface area contributed by atoms with Crippen LogP contribution in [0.2, 0.25) is 0 Å². The lowest BCUT2D eigenvalue weighted by Gasteiger charge is -2.32. The predicted molar refractivity (Wildman–Crippen MR) is 212 cm³/mol. The van der Waals surface area contributed by atoms with Crippen LogP contribution in [0.25, 0.3) is 11.1 Å². The molecule has 0 bridgehead atoms. The fraction of sp³-hybridized carbons (Fsp3) is 0.366. The summed E-state index contributed by atoms with van der Waals surface area (Å²) in [7, 11) is 0.749. The smallest absolute Gasteiger partial charge is 0.477 e. The molecule has 1 aliphatic heterocycles. The van der Waals surface area contributed by atoms with E-state index in [1.807, 2.05) is 66.7 Å². The van der Waals surface area contributed by atoms with E-state index < -0.39 is 47.4 Å². The molecule has 1 N–H and O–H groups in total. The van der Waals surface area contributed by atoms with Crippen LogP contribution in [0, 0.1) is 0 Å². The molecule has 1 fully saturated rings. The molecule has 0 aliphatic carbocycles. The second-order valence-corrected chi connectivity index (χ2v) is 16.2. The number of halogens is 1. The van der Waals surface area contributed by atoms with Gasteiger partial charge in [-0.3, -0.25) is 0 Å². The van der Waals surface area contributed by atoms with Crippen molar-refractivity contribution in [3.8, 4) is 11.1 Å². The third-order valence-corrected chi connectivity index (χ3v) is 8.53. The van der Waals surface area contributed by atoms with Crippen molar-refractivity contribution in [1.82, 2.24) is 9.97 Å². The van der Waals surface area contributed by atoms with Gasteiger partial charge in [0, 0.05) is 16.9 Å². The molecule has 2 aromatic carbocycles. The summed E-state index contributed by atoms with van der Waals surface area (Å²) >= 11 is 3.21. The van der Waals surface area contributed by atoms with E-state index in [0.717, 1.165) is 4.47 Å². The number of pyridine rings is 2. The Bertz CT molecular complexity index is 1990. The van der Waals surface area contributed by atoms with Crippen molar-refractivity contribution >= 4 is 52.4 Å². The molecule has 4 aromatic rings. The van der Waals surface area contributed by atoms with Crippen molar-refractivity contribution in [3.63, 3.8) is 0 Å². The first-order valence-electron chi connectivity index (χ1n) is 17.3. The molecule has 12 nitrogen and oxygen atoms in total. The van der Waals surface area contributed by atoms with Crippen LogP contribution >= 0.6 is 15.9 Å². The van der Waals surface area contributed by atoms with Crippen LogP contribution in [0.15, 0.2) is 89.7 Å². The molecule has 3 heterocycles. The molecule has 292 valence electrons. The molecule has 55 heavy (non-hydrogen) atoms. The fourth-order valence-corrected chi connectivity index (χ4v) is 5.11. The van der Waals surface area contributed by atoms with Gasteiger partial charge in [0.2, 0.25) is 0 Å². The Morgan fingerprint density at radius 1 is 0.691 bits per heavy atom. The molecular formula is C41H48BBrN2O10. The number of esters is 3. The van der Waals surface area contributed by atoms with Gasteiger partial charge in [0.25, 0.3) is 0 Å². The number of carbonyl (C=O) groups excluding carboxylic acids is 3. The highest BCUT2D eigenvalue weighted by molar-refractivity contribution is 9.10. The Balaban J connectivity index is 0.000000234. The summed E-state index contributed by atoms with van der Waals surface area (Å²) in [6.07, 6.45) is 2.95. The van der Waals surface area contributed by atoms with Crippen LogP contribution in [-0.2, 0) is 23.5 Å². The van der Waals surface area contributed by atoms with E-state index in [1.54, 1.807) is 69.3 Å².